The van der Waals surface area contributed by atoms with Gasteiger partial charge in [0.2, 0.25) is 0 Å². The third-order valence-corrected chi connectivity index (χ3v) is 4.39. The minimum absolute atomic E-state index is 0.462. The molecule has 2 aromatic rings. The van der Waals surface area contributed by atoms with Gasteiger partial charge in [-0.05, 0) is 31.9 Å². The maximum atomic E-state index is 6.09. The van der Waals surface area contributed by atoms with Crippen molar-refractivity contribution >= 4 is 22.6 Å². The number of rotatable bonds is 4. The summed E-state index contributed by atoms with van der Waals surface area (Å²) in [4.78, 5) is 11.3. The third-order valence-electron chi connectivity index (χ3n) is 4.15. The molecule has 1 aliphatic heterocycles. The van der Waals surface area contributed by atoms with Gasteiger partial charge in [0.1, 0.15) is 11.3 Å². The summed E-state index contributed by atoms with van der Waals surface area (Å²) in [6.45, 7) is 5.80. The quantitative estimate of drug-likeness (QED) is 0.812. The second-order valence-electron chi connectivity index (χ2n) is 5.47. The number of imidazole rings is 1. The van der Waals surface area contributed by atoms with Crippen LogP contribution < -0.4 is 0 Å². The number of nitrogens with zero attached hydrogens (tertiary/aromatic N) is 4. The number of hydrogen-bond donors (Lipinski definition) is 0. The standard InChI is InChI=1S/C15H21ClN4/c1-2-7-19-8-4-12(5-9-19)20-14-3-6-17-11-13(14)18-15(20)10-16/h3,6,11-12H,2,4-5,7-10H2,1H3. The van der Waals surface area contributed by atoms with Crippen LogP contribution in [-0.4, -0.2) is 39.1 Å². The maximum Gasteiger partial charge on any atom is 0.125 e. The molecule has 1 aliphatic rings. The van der Waals surface area contributed by atoms with Crippen molar-refractivity contribution in [1.29, 1.82) is 0 Å². The summed E-state index contributed by atoms with van der Waals surface area (Å²) < 4.78 is 2.34. The van der Waals surface area contributed by atoms with Gasteiger partial charge in [0.05, 0.1) is 17.6 Å². The molecule has 2 aromatic heterocycles. The lowest BCUT2D eigenvalue weighted by atomic mass is 10.0. The molecule has 0 spiro atoms. The van der Waals surface area contributed by atoms with Gasteiger partial charge < -0.3 is 9.47 Å². The Kier molecular flexibility index (Phi) is 4.22. The van der Waals surface area contributed by atoms with Crippen LogP contribution in [0.3, 0.4) is 0 Å². The van der Waals surface area contributed by atoms with Crippen LogP contribution in [0.2, 0.25) is 0 Å². The van der Waals surface area contributed by atoms with Crippen LogP contribution in [0.4, 0.5) is 0 Å². The fourth-order valence-corrected chi connectivity index (χ4v) is 3.41. The zero-order valence-corrected chi connectivity index (χ0v) is 12.7. The van der Waals surface area contributed by atoms with Gasteiger partial charge in [-0.3, -0.25) is 4.98 Å². The molecule has 1 saturated heterocycles. The highest BCUT2D eigenvalue weighted by Crippen LogP contribution is 2.29. The number of alkyl halides is 1. The van der Waals surface area contributed by atoms with E-state index in [1.165, 1.54) is 44.4 Å². The van der Waals surface area contributed by atoms with Crippen LogP contribution in [0.25, 0.3) is 11.0 Å². The summed E-state index contributed by atoms with van der Waals surface area (Å²) in [6.07, 6.45) is 7.26. The first-order valence-corrected chi connectivity index (χ1v) is 7.96. The summed E-state index contributed by atoms with van der Waals surface area (Å²) >= 11 is 6.09. The molecule has 0 atom stereocenters. The van der Waals surface area contributed by atoms with Crippen molar-refractivity contribution < 1.29 is 0 Å². The number of hydrogen-bond acceptors (Lipinski definition) is 3. The lowest BCUT2D eigenvalue weighted by Crippen LogP contribution is -2.35. The van der Waals surface area contributed by atoms with Gasteiger partial charge in [0.25, 0.3) is 0 Å². The molecule has 0 aliphatic carbocycles. The molecule has 108 valence electrons. The Morgan fingerprint density at radius 3 is 2.85 bits per heavy atom. The molecule has 3 rings (SSSR count). The largest absolute Gasteiger partial charge is 0.324 e. The molecule has 20 heavy (non-hydrogen) atoms. The average molecular weight is 293 g/mol. The lowest BCUT2D eigenvalue weighted by molar-refractivity contribution is 0.187. The summed E-state index contributed by atoms with van der Waals surface area (Å²) in [5.74, 6) is 1.44. The molecule has 0 bridgehead atoms. The van der Waals surface area contributed by atoms with Crippen LogP contribution in [0.1, 0.15) is 38.1 Å². The van der Waals surface area contributed by atoms with Crippen molar-refractivity contribution in [2.24, 2.45) is 0 Å². The molecule has 0 radical (unpaired) electrons. The molecule has 1 fully saturated rings. The van der Waals surface area contributed by atoms with Crippen molar-refractivity contribution in [2.45, 2.75) is 38.1 Å². The zero-order chi connectivity index (χ0) is 13.9. The second-order valence-corrected chi connectivity index (χ2v) is 5.74. The first-order chi connectivity index (χ1) is 9.83. The number of fused-ring (bicyclic) bond motifs is 1. The van der Waals surface area contributed by atoms with E-state index in [-0.39, 0.29) is 0 Å². The molecule has 5 heteroatoms. The van der Waals surface area contributed by atoms with Crippen LogP contribution in [0.5, 0.6) is 0 Å². The Bertz CT molecular complexity index is 572. The van der Waals surface area contributed by atoms with E-state index >= 15 is 0 Å². The third kappa shape index (κ3) is 2.54. The SMILES string of the molecule is CCCN1CCC(n2c(CCl)nc3cnccc32)CC1. The van der Waals surface area contributed by atoms with E-state index in [0.29, 0.717) is 11.9 Å². The predicted molar refractivity (Wildman–Crippen MR) is 82.1 cm³/mol. The van der Waals surface area contributed by atoms with Crippen molar-refractivity contribution in [3.63, 3.8) is 0 Å². The van der Waals surface area contributed by atoms with Crippen LogP contribution in [0, 0.1) is 0 Å². The minimum Gasteiger partial charge on any atom is -0.324 e. The summed E-state index contributed by atoms with van der Waals surface area (Å²) in [5, 5.41) is 0. The smallest absolute Gasteiger partial charge is 0.125 e. The second kappa shape index (κ2) is 6.10. The van der Waals surface area contributed by atoms with E-state index in [1.54, 1.807) is 0 Å². The molecular weight excluding hydrogens is 272 g/mol. The fourth-order valence-electron chi connectivity index (χ4n) is 3.22. The Morgan fingerprint density at radius 2 is 2.15 bits per heavy atom. The number of halogens is 1. The van der Waals surface area contributed by atoms with Crippen LogP contribution >= 0.6 is 11.6 Å². The van der Waals surface area contributed by atoms with Gasteiger partial charge in [-0.1, -0.05) is 6.92 Å². The Balaban J connectivity index is 1.87. The monoisotopic (exact) mass is 292 g/mol. The van der Waals surface area contributed by atoms with E-state index in [0.717, 1.165) is 11.3 Å². The Hall–Kier alpha value is -1.13. The summed E-state index contributed by atoms with van der Waals surface area (Å²) in [7, 11) is 0. The molecule has 3 heterocycles. The lowest BCUT2D eigenvalue weighted by Gasteiger charge is -2.33. The first-order valence-electron chi connectivity index (χ1n) is 7.42. The maximum absolute atomic E-state index is 6.09. The van der Waals surface area contributed by atoms with Gasteiger partial charge in [0.15, 0.2) is 0 Å². The fraction of sp³-hybridized carbons (Fsp3) is 0.600. The van der Waals surface area contributed by atoms with Crippen molar-refractivity contribution in [3.8, 4) is 0 Å². The molecule has 0 amide bonds. The number of piperidine rings is 1. The Morgan fingerprint density at radius 1 is 1.35 bits per heavy atom. The summed E-state index contributed by atoms with van der Waals surface area (Å²) in [5.41, 5.74) is 2.13. The topological polar surface area (TPSA) is 34.0 Å². The number of pyridine rings is 1. The zero-order valence-electron chi connectivity index (χ0n) is 11.9. The Labute approximate surface area is 124 Å². The molecule has 0 aromatic carbocycles. The minimum atomic E-state index is 0.462. The van der Waals surface area contributed by atoms with Crippen molar-refractivity contribution in [2.75, 3.05) is 19.6 Å². The van der Waals surface area contributed by atoms with Crippen LogP contribution in [-0.2, 0) is 5.88 Å². The van der Waals surface area contributed by atoms with Gasteiger partial charge in [-0.25, -0.2) is 4.98 Å². The van der Waals surface area contributed by atoms with Gasteiger partial charge in [-0.2, -0.15) is 0 Å². The molecule has 4 nitrogen and oxygen atoms in total. The van der Waals surface area contributed by atoms with Gasteiger partial charge in [0, 0.05) is 25.3 Å². The summed E-state index contributed by atoms with van der Waals surface area (Å²) in [6, 6.07) is 2.57. The van der Waals surface area contributed by atoms with E-state index in [1.807, 2.05) is 12.4 Å². The average Bonchev–Trinajstić information content (AvgIpc) is 2.87. The molecule has 0 saturated carbocycles. The first kappa shape index (κ1) is 13.8. The predicted octanol–water partition coefficient (Wildman–Crippen LogP) is 3.22. The molecule has 0 N–H and O–H groups in total. The van der Waals surface area contributed by atoms with E-state index in [9.17, 15) is 0 Å². The van der Waals surface area contributed by atoms with Crippen LogP contribution in [0.15, 0.2) is 18.5 Å². The highest BCUT2D eigenvalue weighted by atomic mass is 35.5. The number of likely N-dealkylation sites (tertiary alicyclic amines) is 1. The van der Waals surface area contributed by atoms with Gasteiger partial charge >= 0.3 is 0 Å². The number of aromatic nitrogens is 3. The van der Waals surface area contributed by atoms with Crippen molar-refractivity contribution in [1.82, 2.24) is 19.4 Å². The van der Waals surface area contributed by atoms with E-state index in [4.69, 9.17) is 11.6 Å². The van der Waals surface area contributed by atoms with Gasteiger partial charge in [-0.15, -0.1) is 11.6 Å². The molecular formula is C15H21ClN4. The van der Waals surface area contributed by atoms with Crippen molar-refractivity contribution in [3.05, 3.63) is 24.3 Å². The van der Waals surface area contributed by atoms with E-state index in [2.05, 4.69) is 32.4 Å². The highest BCUT2D eigenvalue weighted by molar-refractivity contribution is 6.16. The normalized spacial score (nSPS) is 17.9. The van der Waals surface area contributed by atoms with E-state index < -0.39 is 0 Å². The molecule has 0 unspecified atom stereocenters. The highest BCUT2D eigenvalue weighted by Gasteiger charge is 2.23.